The van der Waals surface area contributed by atoms with E-state index in [1.54, 1.807) is 6.07 Å². The van der Waals surface area contributed by atoms with E-state index in [9.17, 15) is 13.2 Å². The summed E-state index contributed by atoms with van der Waals surface area (Å²) in [5.74, 6) is 0. The Bertz CT molecular complexity index is 581. The van der Waals surface area contributed by atoms with Crippen LogP contribution in [0.5, 0.6) is 0 Å². The molecule has 1 nitrogen and oxygen atoms in total. The second-order valence-corrected chi connectivity index (χ2v) is 5.25. The second kappa shape index (κ2) is 6.41. The zero-order valence-corrected chi connectivity index (χ0v) is 12.1. The molecule has 0 atom stereocenters. The molecule has 0 aromatic heterocycles. The van der Waals surface area contributed by atoms with Crippen molar-refractivity contribution in [2.24, 2.45) is 0 Å². The van der Waals surface area contributed by atoms with Crippen LogP contribution in [0, 0.1) is 0 Å². The van der Waals surface area contributed by atoms with Crippen LogP contribution in [0.4, 0.5) is 13.2 Å². The minimum Gasteiger partial charge on any atom is -0.309 e. The maximum Gasteiger partial charge on any atom is 0.416 e. The fraction of sp³-hybridized carbons (Fsp3) is 0.200. The first kappa shape index (κ1) is 15.1. The molecule has 0 radical (unpaired) electrons. The van der Waals surface area contributed by atoms with Crippen LogP contribution in [0.2, 0.25) is 0 Å². The van der Waals surface area contributed by atoms with Crippen LogP contribution >= 0.6 is 15.9 Å². The molecule has 5 heteroatoms. The quantitative estimate of drug-likeness (QED) is 0.843. The number of alkyl halides is 3. The molecule has 2 aromatic carbocycles. The van der Waals surface area contributed by atoms with Gasteiger partial charge in [0.1, 0.15) is 0 Å². The standard InChI is InChI=1S/C15H13BrF3N/c16-14-7-2-1-5-12(14)10-20-9-11-4-3-6-13(8-11)15(17,18)19/h1-8,20H,9-10H2. The maximum atomic E-state index is 12.6. The van der Waals surface area contributed by atoms with Crippen molar-refractivity contribution in [1.82, 2.24) is 5.32 Å². The van der Waals surface area contributed by atoms with E-state index >= 15 is 0 Å². The van der Waals surface area contributed by atoms with E-state index in [2.05, 4.69) is 21.2 Å². The normalized spacial score (nSPS) is 11.6. The summed E-state index contributed by atoms with van der Waals surface area (Å²) in [5.41, 5.74) is 1.07. The van der Waals surface area contributed by atoms with Crippen molar-refractivity contribution in [1.29, 1.82) is 0 Å². The van der Waals surface area contributed by atoms with Gasteiger partial charge in [-0.2, -0.15) is 13.2 Å². The van der Waals surface area contributed by atoms with Crippen molar-refractivity contribution in [3.8, 4) is 0 Å². The van der Waals surface area contributed by atoms with Crippen LogP contribution < -0.4 is 5.32 Å². The minimum atomic E-state index is -4.29. The van der Waals surface area contributed by atoms with Crippen LogP contribution in [0.15, 0.2) is 53.0 Å². The van der Waals surface area contributed by atoms with Gasteiger partial charge in [0.25, 0.3) is 0 Å². The van der Waals surface area contributed by atoms with Crippen molar-refractivity contribution < 1.29 is 13.2 Å². The highest BCUT2D eigenvalue weighted by atomic mass is 79.9. The van der Waals surface area contributed by atoms with Crippen molar-refractivity contribution >= 4 is 15.9 Å². The first-order valence-electron chi connectivity index (χ1n) is 6.07. The summed E-state index contributed by atoms with van der Waals surface area (Å²) in [4.78, 5) is 0. The molecule has 1 N–H and O–H groups in total. The van der Waals surface area contributed by atoms with E-state index in [-0.39, 0.29) is 0 Å². The molecule has 0 spiro atoms. The average molecular weight is 344 g/mol. The molecule has 0 bridgehead atoms. The molecular formula is C15H13BrF3N. The first-order chi connectivity index (χ1) is 9.47. The lowest BCUT2D eigenvalue weighted by Gasteiger charge is -2.10. The Balaban J connectivity index is 1.97. The summed E-state index contributed by atoms with van der Waals surface area (Å²) in [6.45, 7) is 0.989. The number of rotatable bonds is 4. The van der Waals surface area contributed by atoms with Crippen molar-refractivity contribution in [2.75, 3.05) is 0 Å². The zero-order valence-electron chi connectivity index (χ0n) is 10.5. The van der Waals surface area contributed by atoms with Gasteiger partial charge in [-0.15, -0.1) is 0 Å². The predicted molar refractivity (Wildman–Crippen MR) is 76.1 cm³/mol. The van der Waals surface area contributed by atoms with E-state index < -0.39 is 11.7 Å². The molecular weight excluding hydrogens is 331 g/mol. The summed E-state index contributed by atoms with van der Waals surface area (Å²) >= 11 is 3.43. The molecule has 0 saturated carbocycles. The van der Waals surface area contributed by atoms with Gasteiger partial charge in [-0.25, -0.2) is 0 Å². The van der Waals surface area contributed by atoms with Gasteiger partial charge in [0, 0.05) is 17.6 Å². The van der Waals surface area contributed by atoms with Gasteiger partial charge in [-0.05, 0) is 23.3 Å². The van der Waals surface area contributed by atoms with Crippen molar-refractivity contribution in [3.05, 3.63) is 69.7 Å². The molecule has 0 fully saturated rings. The Labute approximate surface area is 123 Å². The summed E-state index contributed by atoms with van der Waals surface area (Å²) in [5, 5.41) is 3.14. The highest BCUT2D eigenvalue weighted by molar-refractivity contribution is 9.10. The third-order valence-electron chi connectivity index (χ3n) is 2.86. The van der Waals surface area contributed by atoms with E-state index in [1.807, 2.05) is 24.3 Å². The van der Waals surface area contributed by atoms with Gasteiger partial charge in [-0.3, -0.25) is 0 Å². The smallest absolute Gasteiger partial charge is 0.309 e. The first-order valence-corrected chi connectivity index (χ1v) is 6.86. The molecule has 0 aliphatic carbocycles. The molecule has 0 saturated heterocycles. The van der Waals surface area contributed by atoms with Gasteiger partial charge < -0.3 is 5.32 Å². The lowest BCUT2D eigenvalue weighted by Crippen LogP contribution is -2.14. The van der Waals surface area contributed by atoms with E-state index in [1.165, 1.54) is 12.1 Å². The van der Waals surface area contributed by atoms with E-state index in [4.69, 9.17) is 0 Å². The zero-order chi connectivity index (χ0) is 14.6. The number of benzene rings is 2. The summed E-state index contributed by atoms with van der Waals surface area (Å²) in [6.07, 6.45) is -4.29. The Morgan fingerprint density at radius 2 is 1.70 bits per heavy atom. The average Bonchev–Trinajstić information content (AvgIpc) is 2.40. The Morgan fingerprint density at radius 1 is 0.950 bits per heavy atom. The topological polar surface area (TPSA) is 12.0 Å². The second-order valence-electron chi connectivity index (χ2n) is 4.39. The third kappa shape index (κ3) is 4.08. The van der Waals surface area contributed by atoms with E-state index in [0.717, 1.165) is 16.1 Å². The van der Waals surface area contributed by atoms with Crippen LogP contribution in [-0.2, 0) is 19.3 Å². The third-order valence-corrected chi connectivity index (χ3v) is 3.63. The molecule has 2 rings (SSSR count). The lowest BCUT2D eigenvalue weighted by atomic mass is 10.1. The molecule has 0 aliphatic rings. The number of nitrogens with one attached hydrogen (secondary N) is 1. The summed E-state index contributed by atoms with van der Waals surface area (Å²) in [7, 11) is 0. The lowest BCUT2D eigenvalue weighted by molar-refractivity contribution is -0.137. The minimum absolute atomic E-state index is 0.394. The molecule has 0 amide bonds. The Kier molecular flexibility index (Phi) is 4.83. The summed E-state index contributed by atoms with van der Waals surface area (Å²) in [6, 6.07) is 13.1. The van der Waals surface area contributed by atoms with Gasteiger partial charge in [0.2, 0.25) is 0 Å². The van der Waals surface area contributed by atoms with Gasteiger partial charge in [0.05, 0.1) is 5.56 Å². The molecule has 0 aliphatic heterocycles. The van der Waals surface area contributed by atoms with Crippen LogP contribution in [0.1, 0.15) is 16.7 Å². The van der Waals surface area contributed by atoms with Crippen molar-refractivity contribution in [3.63, 3.8) is 0 Å². The van der Waals surface area contributed by atoms with Gasteiger partial charge in [-0.1, -0.05) is 52.3 Å². The number of hydrogen-bond acceptors (Lipinski definition) is 1. The van der Waals surface area contributed by atoms with E-state index in [0.29, 0.717) is 18.7 Å². The number of halogens is 4. The fourth-order valence-electron chi connectivity index (χ4n) is 1.84. The van der Waals surface area contributed by atoms with Crippen LogP contribution in [0.3, 0.4) is 0 Å². The number of hydrogen-bond donors (Lipinski definition) is 1. The SMILES string of the molecule is FC(F)(F)c1cccc(CNCc2ccccc2Br)c1. The molecule has 2 aromatic rings. The van der Waals surface area contributed by atoms with Crippen LogP contribution in [0.25, 0.3) is 0 Å². The maximum absolute atomic E-state index is 12.6. The monoisotopic (exact) mass is 343 g/mol. The largest absolute Gasteiger partial charge is 0.416 e. The predicted octanol–water partition coefficient (Wildman–Crippen LogP) is 4.76. The molecule has 20 heavy (non-hydrogen) atoms. The molecule has 0 unspecified atom stereocenters. The van der Waals surface area contributed by atoms with Gasteiger partial charge in [0.15, 0.2) is 0 Å². The summed E-state index contributed by atoms with van der Waals surface area (Å²) < 4.78 is 38.7. The highest BCUT2D eigenvalue weighted by Crippen LogP contribution is 2.29. The van der Waals surface area contributed by atoms with Crippen molar-refractivity contribution in [2.45, 2.75) is 19.3 Å². The highest BCUT2D eigenvalue weighted by Gasteiger charge is 2.30. The fourth-order valence-corrected chi connectivity index (χ4v) is 2.27. The molecule has 0 heterocycles. The molecule has 106 valence electrons. The van der Waals surface area contributed by atoms with Gasteiger partial charge >= 0.3 is 6.18 Å². The Hall–Kier alpha value is -1.33. The van der Waals surface area contributed by atoms with Crippen LogP contribution in [-0.4, -0.2) is 0 Å². The Morgan fingerprint density at radius 3 is 2.40 bits per heavy atom.